The predicted octanol–water partition coefficient (Wildman–Crippen LogP) is 11.1. The molecule has 0 spiro atoms. The quantitative estimate of drug-likeness (QED) is 0.216. The molecule has 0 saturated heterocycles. The predicted molar refractivity (Wildman–Crippen MR) is 167 cm³/mol. The maximum absolute atomic E-state index is 6.41. The molecule has 0 radical (unpaired) electrons. The average molecular weight is 511 g/mol. The zero-order valence-electron chi connectivity index (χ0n) is 21.5. The van der Waals surface area contributed by atoms with E-state index in [1.54, 1.807) is 6.26 Å². The van der Waals surface area contributed by atoms with E-state index in [4.69, 9.17) is 8.83 Å². The lowest BCUT2D eigenvalue weighted by molar-refractivity contribution is 0.616. The molecule has 40 heavy (non-hydrogen) atoms. The molecule has 0 atom stereocenters. The fourth-order valence-electron chi connectivity index (χ4n) is 6.48. The van der Waals surface area contributed by atoms with E-state index in [2.05, 4.69) is 121 Å². The molecule has 0 aliphatic carbocycles. The number of fused-ring (bicyclic) bond motifs is 7. The minimum Gasteiger partial charge on any atom is -0.464 e. The topological polar surface area (TPSA) is 26.3 Å². The van der Waals surface area contributed by atoms with Gasteiger partial charge in [-0.1, -0.05) is 91.0 Å². The molecule has 0 unspecified atom stereocenters. The minimum atomic E-state index is 0.876. The Hall–Kier alpha value is -5.34. The van der Waals surface area contributed by atoms with Crippen molar-refractivity contribution in [3.63, 3.8) is 0 Å². The largest absolute Gasteiger partial charge is 0.464 e. The summed E-state index contributed by atoms with van der Waals surface area (Å²) in [5.41, 5.74) is 7.51. The molecule has 186 valence electrons. The first-order valence-corrected chi connectivity index (χ1v) is 13.6. The van der Waals surface area contributed by atoms with Crippen LogP contribution in [0.2, 0.25) is 0 Å². The summed E-state index contributed by atoms with van der Waals surface area (Å²) in [4.78, 5) is 0. The highest BCUT2D eigenvalue weighted by molar-refractivity contribution is 6.22. The van der Waals surface area contributed by atoms with Gasteiger partial charge >= 0.3 is 0 Å². The molecule has 0 N–H and O–H groups in total. The van der Waals surface area contributed by atoms with Gasteiger partial charge in [0.15, 0.2) is 0 Å². The van der Waals surface area contributed by atoms with Gasteiger partial charge < -0.3 is 8.83 Å². The lowest BCUT2D eigenvalue weighted by Crippen LogP contribution is -1.91. The van der Waals surface area contributed by atoms with Crippen LogP contribution in [-0.2, 0) is 0 Å². The third kappa shape index (κ3) is 3.05. The molecule has 2 heteroatoms. The fourth-order valence-corrected chi connectivity index (χ4v) is 6.48. The van der Waals surface area contributed by atoms with Crippen molar-refractivity contribution in [1.82, 2.24) is 0 Å². The Morgan fingerprint density at radius 1 is 0.350 bits per heavy atom. The number of hydrogen-bond donors (Lipinski definition) is 0. The van der Waals surface area contributed by atoms with E-state index in [0.29, 0.717) is 0 Å². The summed E-state index contributed by atoms with van der Waals surface area (Å²) in [5.74, 6) is 0. The molecule has 0 saturated carbocycles. The smallest absolute Gasteiger partial charge is 0.136 e. The normalized spacial score (nSPS) is 12.0. The highest BCUT2D eigenvalue weighted by Gasteiger charge is 2.18. The van der Waals surface area contributed by atoms with Crippen molar-refractivity contribution >= 4 is 65.2 Å². The van der Waals surface area contributed by atoms with Crippen molar-refractivity contribution in [1.29, 1.82) is 0 Å². The van der Waals surface area contributed by atoms with Gasteiger partial charge in [0, 0.05) is 16.2 Å². The third-order valence-corrected chi connectivity index (χ3v) is 8.30. The Balaban J connectivity index is 1.35. The second-order valence-corrected chi connectivity index (χ2v) is 10.5. The molecular weight excluding hydrogens is 488 g/mol. The average Bonchev–Trinajstić information content (AvgIpc) is 3.61. The van der Waals surface area contributed by atoms with Gasteiger partial charge in [-0.25, -0.2) is 0 Å². The second kappa shape index (κ2) is 8.08. The molecule has 0 bridgehead atoms. The highest BCUT2D eigenvalue weighted by atomic mass is 16.3. The van der Waals surface area contributed by atoms with Gasteiger partial charge in [-0.2, -0.15) is 0 Å². The van der Waals surface area contributed by atoms with Crippen LogP contribution < -0.4 is 0 Å². The van der Waals surface area contributed by atoms with Crippen LogP contribution in [0.5, 0.6) is 0 Å². The minimum absolute atomic E-state index is 0.876. The van der Waals surface area contributed by atoms with Crippen molar-refractivity contribution < 1.29 is 8.83 Å². The van der Waals surface area contributed by atoms with Gasteiger partial charge in [-0.3, -0.25) is 0 Å². The molecule has 0 fully saturated rings. The molecule has 0 aliphatic heterocycles. The summed E-state index contributed by atoms with van der Waals surface area (Å²) in [6.45, 7) is 0. The monoisotopic (exact) mass is 510 g/mol. The summed E-state index contributed by atoms with van der Waals surface area (Å²) in [7, 11) is 0. The molecule has 7 aromatic carbocycles. The molecule has 0 amide bonds. The van der Waals surface area contributed by atoms with Crippen LogP contribution in [-0.4, -0.2) is 0 Å². The highest BCUT2D eigenvalue weighted by Crippen LogP contribution is 2.45. The van der Waals surface area contributed by atoms with Crippen LogP contribution >= 0.6 is 0 Å². The lowest BCUT2D eigenvalue weighted by atomic mass is 9.85. The van der Waals surface area contributed by atoms with Gasteiger partial charge in [0.2, 0.25) is 0 Å². The Bertz CT molecular complexity index is 2380. The van der Waals surface area contributed by atoms with Crippen molar-refractivity contribution in [3.05, 3.63) is 134 Å². The standard InChI is InChI=1S/C38H22O2/c1-2-8-24-19-26(14-13-23(24)7-1)37-29-9-3-5-11-31(29)38(32-12-6-4-10-30(32)37)27-15-16-28-33-22-34-25(17-18-39-34)20-36(33)40-35(28)21-27/h1-22H. The van der Waals surface area contributed by atoms with E-state index in [0.717, 1.165) is 38.5 Å². The van der Waals surface area contributed by atoms with Crippen LogP contribution in [0.25, 0.3) is 87.5 Å². The zero-order chi connectivity index (χ0) is 26.2. The van der Waals surface area contributed by atoms with Gasteiger partial charge in [-0.15, -0.1) is 0 Å². The Morgan fingerprint density at radius 3 is 1.68 bits per heavy atom. The molecule has 2 nitrogen and oxygen atoms in total. The van der Waals surface area contributed by atoms with Crippen molar-refractivity contribution in [2.24, 2.45) is 0 Å². The second-order valence-electron chi connectivity index (χ2n) is 10.5. The van der Waals surface area contributed by atoms with Crippen LogP contribution in [0.15, 0.2) is 142 Å². The molecular formula is C38H22O2. The van der Waals surface area contributed by atoms with E-state index in [9.17, 15) is 0 Å². The first kappa shape index (κ1) is 21.6. The summed E-state index contributed by atoms with van der Waals surface area (Å²) in [5, 5.41) is 10.7. The van der Waals surface area contributed by atoms with E-state index < -0.39 is 0 Å². The number of benzene rings is 7. The lowest BCUT2D eigenvalue weighted by Gasteiger charge is -2.18. The maximum atomic E-state index is 6.41. The Labute approximate surface area is 229 Å². The zero-order valence-corrected chi connectivity index (χ0v) is 21.5. The summed E-state index contributed by atoms with van der Waals surface area (Å²) < 4.78 is 12.1. The van der Waals surface area contributed by atoms with Gasteiger partial charge in [0.1, 0.15) is 16.7 Å². The Morgan fingerprint density at radius 2 is 0.950 bits per heavy atom. The molecule has 9 rings (SSSR count). The van der Waals surface area contributed by atoms with Gasteiger partial charge in [0.05, 0.1) is 6.26 Å². The van der Waals surface area contributed by atoms with Gasteiger partial charge in [-0.05, 0) is 91.0 Å². The maximum Gasteiger partial charge on any atom is 0.136 e. The SMILES string of the molecule is c1ccc2cc(-c3c4ccccc4c(-c4ccc5c(c4)oc4cc6ccoc6cc45)c4ccccc34)ccc2c1. The van der Waals surface area contributed by atoms with Crippen molar-refractivity contribution in [3.8, 4) is 22.3 Å². The van der Waals surface area contributed by atoms with E-state index in [1.807, 2.05) is 6.07 Å². The number of hydrogen-bond acceptors (Lipinski definition) is 2. The van der Waals surface area contributed by atoms with Crippen LogP contribution in [0.3, 0.4) is 0 Å². The first-order chi connectivity index (χ1) is 19.8. The van der Waals surface area contributed by atoms with Crippen LogP contribution in [0.4, 0.5) is 0 Å². The Kier molecular flexibility index (Phi) is 4.36. The van der Waals surface area contributed by atoms with E-state index in [-0.39, 0.29) is 0 Å². The van der Waals surface area contributed by atoms with Crippen molar-refractivity contribution in [2.75, 3.05) is 0 Å². The fraction of sp³-hybridized carbons (Fsp3) is 0. The molecule has 9 aromatic rings. The summed E-state index contributed by atoms with van der Waals surface area (Å²) >= 11 is 0. The van der Waals surface area contributed by atoms with E-state index in [1.165, 1.54) is 49.0 Å². The molecule has 0 aliphatic rings. The van der Waals surface area contributed by atoms with Gasteiger partial charge in [0.25, 0.3) is 0 Å². The molecule has 2 heterocycles. The summed E-state index contributed by atoms with van der Waals surface area (Å²) in [6, 6.07) is 45.7. The number of rotatable bonds is 2. The van der Waals surface area contributed by atoms with E-state index >= 15 is 0 Å². The third-order valence-electron chi connectivity index (χ3n) is 8.30. The first-order valence-electron chi connectivity index (χ1n) is 13.6. The van der Waals surface area contributed by atoms with Crippen LogP contribution in [0.1, 0.15) is 0 Å². The van der Waals surface area contributed by atoms with Crippen LogP contribution in [0, 0.1) is 0 Å². The number of furan rings is 2. The summed E-state index contributed by atoms with van der Waals surface area (Å²) in [6.07, 6.45) is 1.72. The van der Waals surface area contributed by atoms with Crippen molar-refractivity contribution in [2.45, 2.75) is 0 Å². The molecule has 2 aromatic heterocycles.